The van der Waals surface area contributed by atoms with Crippen molar-refractivity contribution in [1.82, 2.24) is 9.96 Å². The van der Waals surface area contributed by atoms with Crippen molar-refractivity contribution < 1.29 is 9.63 Å². The number of piperidine rings is 1. The van der Waals surface area contributed by atoms with Crippen molar-refractivity contribution >= 4 is 5.91 Å². The van der Waals surface area contributed by atoms with Crippen LogP contribution in [-0.4, -0.2) is 48.7 Å². The second-order valence-electron chi connectivity index (χ2n) is 6.31. The van der Waals surface area contributed by atoms with Gasteiger partial charge in [0.15, 0.2) is 0 Å². The number of hydroxylamine groups is 2. The Labute approximate surface area is 138 Å². The predicted molar refractivity (Wildman–Crippen MR) is 88.6 cm³/mol. The van der Waals surface area contributed by atoms with Gasteiger partial charge in [-0.1, -0.05) is 23.8 Å². The van der Waals surface area contributed by atoms with Crippen LogP contribution in [0.3, 0.4) is 0 Å². The molecule has 1 heterocycles. The smallest absolute Gasteiger partial charge is 0.228 e. The van der Waals surface area contributed by atoms with E-state index in [0.717, 1.165) is 11.1 Å². The number of hydrogen-bond donors (Lipinski definition) is 0. The summed E-state index contributed by atoms with van der Waals surface area (Å²) >= 11 is 0. The van der Waals surface area contributed by atoms with Gasteiger partial charge in [-0.25, -0.2) is 0 Å². The van der Waals surface area contributed by atoms with Crippen molar-refractivity contribution in [2.24, 2.45) is 0 Å². The lowest BCUT2D eigenvalue weighted by Gasteiger charge is -2.42. The van der Waals surface area contributed by atoms with E-state index in [9.17, 15) is 10.1 Å². The Balaban J connectivity index is 2.10. The Morgan fingerprint density at radius 1 is 1.39 bits per heavy atom. The van der Waals surface area contributed by atoms with Gasteiger partial charge in [0, 0.05) is 20.1 Å². The van der Waals surface area contributed by atoms with E-state index in [0.29, 0.717) is 32.4 Å². The molecule has 1 aromatic rings. The van der Waals surface area contributed by atoms with Crippen molar-refractivity contribution in [3.63, 3.8) is 0 Å². The normalized spacial score (nSPS) is 17.5. The molecule has 1 fully saturated rings. The summed E-state index contributed by atoms with van der Waals surface area (Å²) in [6, 6.07) is 8.48. The summed E-state index contributed by atoms with van der Waals surface area (Å²) < 4.78 is 0. The van der Waals surface area contributed by atoms with Crippen LogP contribution in [-0.2, 0) is 16.1 Å². The lowest BCUT2D eigenvalue weighted by Crippen LogP contribution is -2.55. The highest BCUT2D eigenvalue weighted by Crippen LogP contribution is 2.28. The SMILES string of the molecule is CON1CCC(C#N)(N(C)C(=O)Cc2ccc(C)cc2C)CC1. The Bertz CT molecular complexity index is 613. The topological polar surface area (TPSA) is 56.6 Å². The highest BCUT2D eigenvalue weighted by molar-refractivity contribution is 5.80. The minimum Gasteiger partial charge on any atom is -0.327 e. The Morgan fingerprint density at radius 3 is 2.57 bits per heavy atom. The Morgan fingerprint density at radius 2 is 2.04 bits per heavy atom. The first kappa shape index (κ1) is 17.5. The van der Waals surface area contributed by atoms with E-state index in [-0.39, 0.29) is 5.91 Å². The molecule has 0 radical (unpaired) electrons. The third-order valence-electron chi connectivity index (χ3n) is 4.87. The second kappa shape index (κ2) is 7.12. The number of benzene rings is 1. The van der Waals surface area contributed by atoms with Crippen molar-refractivity contribution in [2.75, 3.05) is 27.2 Å². The maximum absolute atomic E-state index is 12.7. The molecular formula is C18H25N3O2. The van der Waals surface area contributed by atoms with Gasteiger partial charge in [-0.15, -0.1) is 0 Å². The van der Waals surface area contributed by atoms with E-state index in [2.05, 4.69) is 12.1 Å². The van der Waals surface area contributed by atoms with E-state index >= 15 is 0 Å². The number of aryl methyl sites for hydroxylation is 2. The van der Waals surface area contributed by atoms with Crippen LogP contribution in [0.4, 0.5) is 0 Å². The van der Waals surface area contributed by atoms with Crippen LogP contribution in [0.15, 0.2) is 18.2 Å². The third kappa shape index (κ3) is 3.72. The molecule has 0 bridgehead atoms. The van der Waals surface area contributed by atoms with Crippen molar-refractivity contribution in [3.05, 3.63) is 34.9 Å². The minimum absolute atomic E-state index is 0.00984. The molecule has 23 heavy (non-hydrogen) atoms. The summed E-state index contributed by atoms with van der Waals surface area (Å²) in [5, 5.41) is 11.5. The van der Waals surface area contributed by atoms with E-state index in [1.165, 1.54) is 5.56 Å². The number of hydrogen-bond acceptors (Lipinski definition) is 4. The fraction of sp³-hybridized carbons (Fsp3) is 0.556. The van der Waals surface area contributed by atoms with Gasteiger partial charge in [0.25, 0.3) is 0 Å². The van der Waals surface area contributed by atoms with Gasteiger partial charge in [0.05, 0.1) is 19.6 Å². The Kier molecular flexibility index (Phi) is 5.40. The molecule has 0 aromatic heterocycles. The first-order valence-corrected chi connectivity index (χ1v) is 7.95. The molecule has 1 aromatic carbocycles. The molecule has 124 valence electrons. The van der Waals surface area contributed by atoms with Crippen LogP contribution in [0.5, 0.6) is 0 Å². The van der Waals surface area contributed by atoms with Crippen LogP contribution in [0.2, 0.25) is 0 Å². The summed E-state index contributed by atoms with van der Waals surface area (Å²) in [5.41, 5.74) is 2.60. The highest BCUT2D eigenvalue weighted by Gasteiger charge is 2.40. The van der Waals surface area contributed by atoms with Crippen LogP contribution in [0.25, 0.3) is 0 Å². The number of rotatable bonds is 4. The van der Waals surface area contributed by atoms with Gasteiger partial charge >= 0.3 is 0 Å². The predicted octanol–water partition coefficient (Wildman–Crippen LogP) is 2.22. The number of nitrogens with zero attached hydrogens (tertiary/aromatic N) is 3. The first-order valence-electron chi connectivity index (χ1n) is 7.95. The summed E-state index contributed by atoms with van der Waals surface area (Å²) in [5.74, 6) is -0.00984. The molecule has 2 rings (SSSR count). The quantitative estimate of drug-likeness (QED) is 0.855. The van der Waals surface area contributed by atoms with E-state index in [1.54, 1.807) is 19.1 Å². The molecule has 5 heteroatoms. The van der Waals surface area contributed by atoms with Gasteiger partial charge in [-0.2, -0.15) is 10.3 Å². The molecule has 0 spiro atoms. The zero-order valence-corrected chi connectivity index (χ0v) is 14.4. The standard InChI is InChI=1S/C18H25N3O2/c1-14-5-6-16(15(2)11-14)12-17(22)20(3)18(13-19)7-9-21(23-4)10-8-18/h5-6,11H,7-10,12H2,1-4H3. The zero-order chi connectivity index (χ0) is 17.0. The molecule has 1 amide bonds. The number of carbonyl (C=O) groups is 1. The average molecular weight is 315 g/mol. The van der Waals surface area contributed by atoms with Crippen molar-refractivity contribution in [1.29, 1.82) is 5.26 Å². The number of amides is 1. The molecule has 1 aliphatic heterocycles. The van der Waals surface area contributed by atoms with Crippen LogP contribution in [0.1, 0.15) is 29.5 Å². The molecule has 1 aliphatic rings. The first-order chi connectivity index (χ1) is 10.9. The van der Waals surface area contributed by atoms with Crippen molar-refractivity contribution in [3.8, 4) is 6.07 Å². The van der Waals surface area contributed by atoms with E-state index < -0.39 is 5.54 Å². The maximum Gasteiger partial charge on any atom is 0.228 e. The van der Waals surface area contributed by atoms with Crippen LogP contribution >= 0.6 is 0 Å². The van der Waals surface area contributed by atoms with Gasteiger partial charge < -0.3 is 9.74 Å². The second-order valence-corrected chi connectivity index (χ2v) is 6.31. The molecule has 0 unspecified atom stereocenters. The largest absolute Gasteiger partial charge is 0.327 e. The molecule has 0 aliphatic carbocycles. The maximum atomic E-state index is 12.7. The lowest BCUT2D eigenvalue weighted by atomic mass is 9.87. The summed E-state index contributed by atoms with van der Waals surface area (Å²) in [4.78, 5) is 19.5. The van der Waals surface area contributed by atoms with Crippen LogP contribution in [0, 0.1) is 25.2 Å². The van der Waals surface area contributed by atoms with E-state index in [4.69, 9.17) is 4.84 Å². The number of likely N-dealkylation sites (N-methyl/N-ethyl adjacent to an activating group) is 1. The van der Waals surface area contributed by atoms with Gasteiger partial charge in [-0.05, 0) is 37.8 Å². The third-order valence-corrected chi connectivity index (χ3v) is 4.87. The summed E-state index contributed by atoms with van der Waals surface area (Å²) in [7, 11) is 3.38. The molecular weight excluding hydrogens is 290 g/mol. The van der Waals surface area contributed by atoms with E-state index in [1.807, 2.05) is 31.0 Å². The average Bonchev–Trinajstić information content (AvgIpc) is 2.56. The van der Waals surface area contributed by atoms with Gasteiger partial charge in [0.1, 0.15) is 5.54 Å². The van der Waals surface area contributed by atoms with Gasteiger partial charge in [0.2, 0.25) is 5.91 Å². The number of carbonyl (C=O) groups excluding carboxylic acids is 1. The molecule has 1 saturated heterocycles. The zero-order valence-electron chi connectivity index (χ0n) is 14.4. The fourth-order valence-corrected chi connectivity index (χ4v) is 3.13. The van der Waals surface area contributed by atoms with Gasteiger partial charge in [-0.3, -0.25) is 4.79 Å². The minimum atomic E-state index is -0.731. The fourth-order valence-electron chi connectivity index (χ4n) is 3.13. The molecule has 0 saturated carbocycles. The van der Waals surface area contributed by atoms with Crippen molar-refractivity contribution in [2.45, 2.75) is 38.6 Å². The summed E-state index contributed by atoms with van der Waals surface area (Å²) in [6.45, 7) is 5.38. The lowest BCUT2D eigenvalue weighted by molar-refractivity contribution is -0.161. The highest BCUT2D eigenvalue weighted by atomic mass is 16.7. The molecule has 0 atom stereocenters. The molecule has 0 N–H and O–H groups in total. The summed E-state index contributed by atoms with van der Waals surface area (Å²) in [6.07, 6.45) is 1.54. The number of nitriles is 1. The monoisotopic (exact) mass is 315 g/mol. The van der Waals surface area contributed by atoms with Crippen LogP contribution < -0.4 is 0 Å². The Hall–Kier alpha value is -1.90. The molecule has 5 nitrogen and oxygen atoms in total.